The van der Waals surface area contributed by atoms with Gasteiger partial charge in [0.15, 0.2) is 0 Å². The molecule has 1 saturated heterocycles. The zero-order chi connectivity index (χ0) is 17.2. The summed E-state index contributed by atoms with van der Waals surface area (Å²) >= 11 is 3.31. The number of benzene rings is 2. The van der Waals surface area contributed by atoms with Crippen molar-refractivity contribution in [3.8, 4) is 0 Å². The Morgan fingerprint density at radius 1 is 1.00 bits per heavy atom. The predicted molar refractivity (Wildman–Crippen MR) is 94.6 cm³/mol. The maximum absolute atomic E-state index is 13.3. The summed E-state index contributed by atoms with van der Waals surface area (Å²) in [6, 6.07) is 13.4. The summed E-state index contributed by atoms with van der Waals surface area (Å²) in [7, 11) is -3.50. The third kappa shape index (κ3) is 3.85. The predicted octanol–water partition coefficient (Wildman–Crippen LogP) is 3.09. The molecule has 1 heterocycles. The summed E-state index contributed by atoms with van der Waals surface area (Å²) < 4.78 is 40.8. The van der Waals surface area contributed by atoms with Gasteiger partial charge in [-0.25, -0.2) is 12.8 Å². The number of sulfonamides is 1. The van der Waals surface area contributed by atoms with Crippen LogP contribution in [-0.2, 0) is 16.6 Å². The fraction of sp³-hybridized carbons (Fsp3) is 0.294. The average molecular weight is 413 g/mol. The second-order valence-corrected chi connectivity index (χ2v) is 8.50. The van der Waals surface area contributed by atoms with Gasteiger partial charge in [0.1, 0.15) is 5.82 Å². The van der Waals surface area contributed by atoms with Gasteiger partial charge in [-0.1, -0.05) is 24.3 Å². The molecule has 1 aliphatic heterocycles. The highest BCUT2D eigenvalue weighted by Gasteiger charge is 2.29. The minimum Gasteiger partial charge on any atom is -0.296 e. The van der Waals surface area contributed by atoms with E-state index in [4.69, 9.17) is 0 Å². The Balaban J connectivity index is 1.66. The van der Waals surface area contributed by atoms with Gasteiger partial charge in [0.05, 0.1) is 4.90 Å². The number of halogens is 2. The number of hydrogen-bond acceptors (Lipinski definition) is 3. The molecule has 7 heteroatoms. The highest BCUT2D eigenvalue weighted by molar-refractivity contribution is 9.10. The molecule has 0 bridgehead atoms. The van der Waals surface area contributed by atoms with Crippen molar-refractivity contribution >= 4 is 26.0 Å². The van der Waals surface area contributed by atoms with E-state index in [1.807, 2.05) is 6.07 Å². The highest BCUT2D eigenvalue weighted by atomic mass is 79.9. The Morgan fingerprint density at radius 3 is 2.38 bits per heavy atom. The molecule has 2 aromatic rings. The lowest BCUT2D eigenvalue weighted by Gasteiger charge is -2.34. The Bertz CT molecular complexity index is 821. The maximum atomic E-state index is 13.3. The lowest BCUT2D eigenvalue weighted by atomic mass is 10.2. The van der Waals surface area contributed by atoms with E-state index >= 15 is 0 Å². The fourth-order valence-electron chi connectivity index (χ4n) is 2.81. The summed E-state index contributed by atoms with van der Waals surface area (Å²) in [4.78, 5) is 2.43. The van der Waals surface area contributed by atoms with Crippen LogP contribution < -0.4 is 0 Å². The van der Waals surface area contributed by atoms with Crippen LogP contribution in [0.15, 0.2) is 57.9 Å². The van der Waals surface area contributed by atoms with Gasteiger partial charge in [0, 0.05) is 37.2 Å². The third-order valence-corrected chi connectivity index (χ3v) is 6.99. The Labute approximate surface area is 150 Å². The first-order chi connectivity index (χ1) is 11.5. The standard InChI is InChI=1S/C17H18BrFN2O2S/c18-16-6-1-2-7-17(16)24(22,23)21-10-8-20(9-11-21)13-14-4-3-5-15(19)12-14/h1-7,12H,8-11,13H2. The van der Waals surface area contributed by atoms with Crippen molar-refractivity contribution < 1.29 is 12.8 Å². The van der Waals surface area contributed by atoms with E-state index < -0.39 is 10.0 Å². The van der Waals surface area contributed by atoms with Crippen LogP contribution >= 0.6 is 15.9 Å². The average Bonchev–Trinajstić information content (AvgIpc) is 2.55. The van der Waals surface area contributed by atoms with Gasteiger partial charge in [-0.2, -0.15) is 4.31 Å². The van der Waals surface area contributed by atoms with Crippen molar-refractivity contribution in [2.75, 3.05) is 26.2 Å². The van der Waals surface area contributed by atoms with Crippen LogP contribution in [0.2, 0.25) is 0 Å². The largest absolute Gasteiger partial charge is 0.296 e. The van der Waals surface area contributed by atoms with Gasteiger partial charge in [-0.05, 0) is 45.8 Å². The molecule has 3 rings (SSSR count). The molecule has 0 saturated carbocycles. The van der Waals surface area contributed by atoms with Crippen LogP contribution in [0.4, 0.5) is 4.39 Å². The lowest BCUT2D eigenvalue weighted by molar-refractivity contribution is 0.181. The molecule has 0 unspecified atom stereocenters. The first-order valence-electron chi connectivity index (χ1n) is 7.68. The van der Waals surface area contributed by atoms with Gasteiger partial charge in [-0.3, -0.25) is 4.90 Å². The van der Waals surface area contributed by atoms with Crippen molar-refractivity contribution in [1.82, 2.24) is 9.21 Å². The Hall–Kier alpha value is -1.28. The van der Waals surface area contributed by atoms with Crippen LogP contribution in [0.3, 0.4) is 0 Å². The molecular formula is C17H18BrFN2O2S. The molecule has 128 valence electrons. The Kier molecular flexibility index (Phi) is 5.34. The summed E-state index contributed by atoms with van der Waals surface area (Å²) in [6.07, 6.45) is 0. The first kappa shape index (κ1) is 17.5. The van der Waals surface area contributed by atoms with Crippen molar-refractivity contribution in [3.63, 3.8) is 0 Å². The number of hydrogen-bond donors (Lipinski definition) is 0. The maximum Gasteiger partial charge on any atom is 0.244 e. The Morgan fingerprint density at radius 2 is 1.71 bits per heavy atom. The second-order valence-electron chi connectivity index (χ2n) is 5.74. The summed E-state index contributed by atoms with van der Waals surface area (Å²) in [5.41, 5.74) is 0.900. The van der Waals surface area contributed by atoms with E-state index in [1.54, 1.807) is 30.3 Å². The zero-order valence-electron chi connectivity index (χ0n) is 13.0. The zero-order valence-corrected chi connectivity index (χ0v) is 15.4. The molecule has 0 amide bonds. The van der Waals surface area contributed by atoms with Crippen molar-refractivity contribution in [1.29, 1.82) is 0 Å². The van der Waals surface area contributed by atoms with E-state index in [-0.39, 0.29) is 5.82 Å². The highest BCUT2D eigenvalue weighted by Crippen LogP contribution is 2.25. The van der Waals surface area contributed by atoms with E-state index in [9.17, 15) is 12.8 Å². The molecule has 0 aliphatic carbocycles. The van der Waals surface area contributed by atoms with Gasteiger partial charge in [0.2, 0.25) is 10.0 Å². The van der Waals surface area contributed by atoms with E-state index in [0.717, 1.165) is 5.56 Å². The first-order valence-corrected chi connectivity index (χ1v) is 9.91. The molecule has 0 atom stereocenters. The molecule has 2 aromatic carbocycles. The molecule has 4 nitrogen and oxygen atoms in total. The molecule has 0 radical (unpaired) electrons. The van der Waals surface area contributed by atoms with E-state index in [0.29, 0.717) is 42.1 Å². The van der Waals surface area contributed by atoms with Crippen LogP contribution in [-0.4, -0.2) is 43.8 Å². The van der Waals surface area contributed by atoms with Crippen molar-refractivity contribution in [2.45, 2.75) is 11.4 Å². The van der Waals surface area contributed by atoms with Gasteiger partial charge in [-0.15, -0.1) is 0 Å². The summed E-state index contributed by atoms with van der Waals surface area (Å²) in [5, 5.41) is 0. The van der Waals surface area contributed by atoms with Crippen LogP contribution in [0.25, 0.3) is 0 Å². The quantitative estimate of drug-likeness (QED) is 0.774. The van der Waals surface area contributed by atoms with Gasteiger partial charge in [0.25, 0.3) is 0 Å². The molecule has 1 fully saturated rings. The summed E-state index contributed by atoms with van der Waals surface area (Å²) in [5.74, 6) is -0.248. The van der Waals surface area contributed by atoms with Crippen LogP contribution in [0.5, 0.6) is 0 Å². The smallest absolute Gasteiger partial charge is 0.244 e. The molecule has 24 heavy (non-hydrogen) atoms. The molecule has 0 N–H and O–H groups in total. The van der Waals surface area contributed by atoms with Gasteiger partial charge >= 0.3 is 0 Å². The summed E-state index contributed by atoms with van der Waals surface area (Å²) in [6.45, 7) is 2.74. The second kappa shape index (κ2) is 7.31. The molecule has 0 spiro atoms. The minimum absolute atomic E-state index is 0.248. The fourth-order valence-corrected chi connectivity index (χ4v) is 5.20. The molecule has 1 aliphatic rings. The minimum atomic E-state index is -3.50. The van der Waals surface area contributed by atoms with Gasteiger partial charge < -0.3 is 0 Å². The third-order valence-electron chi connectivity index (χ3n) is 4.08. The normalized spacial score (nSPS) is 17.1. The number of rotatable bonds is 4. The van der Waals surface area contributed by atoms with E-state index in [1.165, 1.54) is 16.4 Å². The van der Waals surface area contributed by atoms with Crippen LogP contribution in [0, 0.1) is 5.82 Å². The van der Waals surface area contributed by atoms with Crippen LogP contribution in [0.1, 0.15) is 5.56 Å². The number of piperazine rings is 1. The molecular weight excluding hydrogens is 395 g/mol. The van der Waals surface area contributed by atoms with Crippen molar-refractivity contribution in [2.24, 2.45) is 0 Å². The lowest BCUT2D eigenvalue weighted by Crippen LogP contribution is -2.48. The number of nitrogens with zero attached hydrogens (tertiary/aromatic N) is 2. The molecule has 0 aromatic heterocycles. The monoisotopic (exact) mass is 412 g/mol. The van der Waals surface area contributed by atoms with Crippen molar-refractivity contribution in [3.05, 3.63) is 64.4 Å². The van der Waals surface area contributed by atoms with E-state index in [2.05, 4.69) is 20.8 Å². The topological polar surface area (TPSA) is 40.6 Å². The SMILES string of the molecule is O=S(=O)(c1ccccc1Br)N1CCN(Cc2cccc(F)c2)CC1.